The smallest absolute Gasteiger partial charge is 0.344 e. The molecule has 1 fully saturated rings. The molecule has 1 amide bonds. The van der Waals surface area contributed by atoms with Crippen LogP contribution in [0, 0.1) is 0 Å². The van der Waals surface area contributed by atoms with Crippen LogP contribution in [0.5, 0.6) is 5.75 Å². The van der Waals surface area contributed by atoms with Crippen molar-refractivity contribution < 1.29 is 19.4 Å². The SMILES string of the molecule is CC(Oc1ccc(/C=C2/SC(=Nc3ccccc3Br)NC2=O)cc1)C(=O)O. The van der Waals surface area contributed by atoms with E-state index in [1.807, 2.05) is 24.3 Å². The second-order valence-corrected chi connectivity index (χ2v) is 7.49. The van der Waals surface area contributed by atoms with Crippen LogP contribution < -0.4 is 10.1 Å². The van der Waals surface area contributed by atoms with E-state index in [1.54, 1.807) is 30.3 Å². The summed E-state index contributed by atoms with van der Waals surface area (Å²) in [6.07, 6.45) is 0.814. The number of carboxylic acid groups (broad SMARTS) is 1. The largest absolute Gasteiger partial charge is 0.479 e. The third-order valence-corrected chi connectivity index (χ3v) is 5.14. The summed E-state index contributed by atoms with van der Waals surface area (Å²) < 4.78 is 6.13. The average molecular weight is 447 g/mol. The van der Waals surface area contributed by atoms with Crippen molar-refractivity contribution in [3.63, 3.8) is 0 Å². The second kappa shape index (κ2) is 8.41. The highest BCUT2D eigenvalue weighted by molar-refractivity contribution is 9.10. The number of rotatable bonds is 5. The fraction of sp³-hybridized carbons (Fsp3) is 0.105. The molecule has 1 aliphatic rings. The maximum atomic E-state index is 12.2. The summed E-state index contributed by atoms with van der Waals surface area (Å²) in [5, 5.41) is 12.1. The van der Waals surface area contributed by atoms with Gasteiger partial charge in [0.1, 0.15) is 5.75 Å². The molecule has 27 heavy (non-hydrogen) atoms. The lowest BCUT2D eigenvalue weighted by Gasteiger charge is -2.10. The molecule has 8 heteroatoms. The first-order chi connectivity index (χ1) is 12.9. The molecular formula is C19H15BrN2O4S. The normalized spacial score (nSPS) is 17.8. The molecule has 2 aromatic rings. The molecule has 1 unspecified atom stereocenters. The number of carboxylic acids is 1. The van der Waals surface area contributed by atoms with E-state index in [4.69, 9.17) is 9.84 Å². The van der Waals surface area contributed by atoms with Gasteiger partial charge in [0, 0.05) is 4.47 Å². The quantitative estimate of drug-likeness (QED) is 0.672. The molecule has 3 rings (SSSR count). The van der Waals surface area contributed by atoms with Gasteiger partial charge in [-0.15, -0.1) is 0 Å². The maximum absolute atomic E-state index is 12.2. The number of nitrogens with zero attached hydrogens (tertiary/aromatic N) is 1. The minimum absolute atomic E-state index is 0.217. The Kier molecular flexibility index (Phi) is 5.98. The molecule has 138 valence electrons. The van der Waals surface area contributed by atoms with E-state index < -0.39 is 12.1 Å². The van der Waals surface area contributed by atoms with Gasteiger partial charge in [0.15, 0.2) is 11.3 Å². The molecule has 0 bridgehead atoms. The number of aliphatic imine (C=N–C) groups is 1. The highest BCUT2D eigenvalue weighted by Gasteiger charge is 2.24. The first kappa shape index (κ1) is 19.2. The third kappa shape index (κ3) is 4.99. The summed E-state index contributed by atoms with van der Waals surface area (Å²) in [4.78, 5) is 28.0. The standard InChI is InChI=1S/C19H15BrN2O4S/c1-11(18(24)25)26-13-8-6-12(7-9-13)10-16-17(23)22-19(27-16)21-15-5-3-2-4-14(15)20/h2-11H,1H3,(H,24,25)(H,21,22,23)/b16-10+. The van der Waals surface area contributed by atoms with Gasteiger partial charge in [-0.1, -0.05) is 24.3 Å². The Morgan fingerprint density at radius 3 is 2.63 bits per heavy atom. The highest BCUT2D eigenvalue weighted by atomic mass is 79.9. The molecule has 2 N–H and O–H groups in total. The lowest BCUT2D eigenvalue weighted by atomic mass is 10.2. The molecular weight excluding hydrogens is 432 g/mol. The van der Waals surface area contributed by atoms with Crippen LogP contribution in [-0.4, -0.2) is 28.3 Å². The number of nitrogens with one attached hydrogen (secondary N) is 1. The number of hydrogen-bond acceptors (Lipinski definition) is 5. The monoisotopic (exact) mass is 446 g/mol. The summed E-state index contributed by atoms with van der Waals surface area (Å²) in [7, 11) is 0. The maximum Gasteiger partial charge on any atom is 0.344 e. The first-order valence-electron chi connectivity index (χ1n) is 7.96. The molecule has 2 aromatic carbocycles. The van der Waals surface area contributed by atoms with E-state index in [9.17, 15) is 9.59 Å². The Balaban J connectivity index is 1.73. The van der Waals surface area contributed by atoms with Crippen molar-refractivity contribution in [2.75, 3.05) is 0 Å². The number of halogens is 1. The van der Waals surface area contributed by atoms with Gasteiger partial charge in [-0.05, 0) is 70.5 Å². The van der Waals surface area contributed by atoms with Crippen LogP contribution in [0.2, 0.25) is 0 Å². The van der Waals surface area contributed by atoms with E-state index in [0.717, 1.165) is 15.7 Å². The van der Waals surface area contributed by atoms with E-state index in [-0.39, 0.29) is 5.91 Å². The number of para-hydroxylation sites is 1. The number of carbonyl (C=O) groups is 2. The molecule has 0 aliphatic carbocycles. The van der Waals surface area contributed by atoms with Gasteiger partial charge < -0.3 is 15.2 Å². The molecule has 6 nitrogen and oxygen atoms in total. The Morgan fingerprint density at radius 2 is 1.96 bits per heavy atom. The van der Waals surface area contributed by atoms with Crippen LogP contribution in [0.4, 0.5) is 5.69 Å². The zero-order valence-corrected chi connectivity index (χ0v) is 16.6. The molecule has 1 atom stereocenters. The summed E-state index contributed by atoms with van der Waals surface area (Å²) in [5.74, 6) is -0.797. The Labute approximate surface area is 168 Å². The first-order valence-corrected chi connectivity index (χ1v) is 9.57. The summed E-state index contributed by atoms with van der Waals surface area (Å²) in [5.41, 5.74) is 1.53. The number of thioether (sulfide) groups is 1. The van der Waals surface area contributed by atoms with Gasteiger partial charge >= 0.3 is 5.97 Å². The highest BCUT2D eigenvalue weighted by Crippen LogP contribution is 2.31. The Hall–Kier alpha value is -2.58. The fourth-order valence-corrected chi connectivity index (χ4v) is 3.39. The number of carbonyl (C=O) groups excluding carboxylic acids is 1. The molecule has 0 aromatic heterocycles. The molecule has 1 heterocycles. The topological polar surface area (TPSA) is 88.0 Å². The molecule has 1 aliphatic heterocycles. The summed E-state index contributed by atoms with van der Waals surface area (Å²) in [6, 6.07) is 14.3. The van der Waals surface area contributed by atoms with E-state index >= 15 is 0 Å². The summed E-state index contributed by atoms with van der Waals surface area (Å²) >= 11 is 4.68. The zero-order valence-electron chi connectivity index (χ0n) is 14.2. The van der Waals surface area contributed by atoms with Crippen LogP contribution in [-0.2, 0) is 9.59 Å². The van der Waals surface area contributed by atoms with Crippen molar-refractivity contribution in [2.24, 2.45) is 4.99 Å². The third-order valence-electron chi connectivity index (χ3n) is 3.56. The van der Waals surface area contributed by atoms with Gasteiger partial charge in [-0.3, -0.25) is 4.79 Å². The van der Waals surface area contributed by atoms with Crippen LogP contribution in [0.15, 0.2) is 62.9 Å². The average Bonchev–Trinajstić information content (AvgIpc) is 2.97. The van der Waals surface area contributed by atoms with Crippen LogP contribution >= 0.6 is 27.7 Å². The second-order valence-electron chi connectivity index (χ2n) is 5.60. The summed E-state index contributed by atoms with van der Waals surface area (Å²) in [6.45, 7) is 1.46. The number of ether oxygens (including phenoxy) is 1. The molecule has 0 radical (unpaired) electrons. The zero-order chi connectivity index (χ0) is 19.4. The Morgan fingerprint density at radius 1 is 1.26 bits per heavy atom. The van der Waals surface area contributed by atoms with Crippen molar-refractivity contribution in [3.8, 4) is 5.75 Å². The number of amidine groups is 1. The lowest BCUT2D eigenvalue weighted by Crippen LogP contribution is -2.22. The predicted octanol–water partition coefficient (Wildman–Crippen LogP) is 4.19. The van der Waals surface area contributed by atoms with E-state index in [1.165, 1.54) is 18.7 Å². The minimum atomic E-state index is -1.03. The molecule has 0 saturated carbocycles. The van der Waals surface area contributed by atoms with Gasteiger partial charge in [-0.2, -0.15) is 0 Å². The van der Waals surface area contributed by atoms with Gasteiger partial charge in [0.05, 0.1) is 10.6 Å². The minimum Gasteiger partial charge on any atom is -0.479 e. The number of benzene rings is 2. The van der Waals surface area contributed by atoms with Gasteiger partial charge in [0.2, 0.25) is 0 Å². The van der Waals surface area contributed by atoms with Crippen LogP contribution in [0.3, 0.4) is 0 Å². The van der Waals surface area contributed by atoms with Gasteiger partial charge in [-0.25, -0.2) is 9.79 Å². The van der Waals surface area contributed by atoms with Crippen molar-refractivity contribution >= 4 is 56.5 Å². The molecule has 1 saturated heterocycles. The number of aliphatic carboxylic acids is 1. The van der Waals surface area contributed by atoms with Crippen molar-refractivity contribution in [3.05, 3.63) is 63.5 Å². The van der Waals surface area contributed by atoms with Gasteiger partial charge in [0.25, 0.3) is 5.91 Å². The van der Waals surface area contributed by atoms with Crippen molar-refractivity contribution in [1.82, 2.24) is 5.32 Å². The van der Waals surface area contributed by atoms with Crippen LogP contribution in [0.1, 0.15) is 12.5 Å². The lowest BCUT2D eigenvalue weighted by molar-refractivity contribution is -0.144. The van der Waals surface area contributed by atoms with Crippen molar-refractivity contribution in [2.45, 2.75) is 13.0 Å². The van der Waals surface area contributed by atoms with Crippen LogP contribution in [0.25, 0.3) is 6.08 Å². The molecule has 0 spiro atoms. The predicted molar refractivity (Wildman–Crippen MR) is 109 cm³/mol. The Bertz CT molecular complexity index is 941. The number of hydrogen-bond donors (Lipinski definition) is 2. The van der Waals surface area contributed by atoms with E-state index in [0.29, 0.717) is 15.8 Å². The fourth-order valence-electron chi connectivity index (χ4n) is 2.18. The number of amides is 1. The van der Waals surface area contributed by atoms with E-state index in [2.05, 4.69) is 26.2 Å². The van der Waals surface area contributed by atoms with Crippen molar-refractivity contribution in [1.29, 1.82) is 0 Å².